The maximum Gasteiger partial charge on any atom is 0.471 e. The van der Waals surface area contributed by atoms with Gasteiger partial charge in [-0.05, 0) is 55.1 Å². The molecule has 3 N–H and O–H groups in total. The lowest BCUT2D eigenvalue weighted by Crippen LogP contribution is -2.63. The molecule has 2 aromatic rings. The Labute approximate surface area is 256 Å². The molecule has 2 aliphatic heterocycles. The highest BCUT2D eigenvalue weighted by Crippen LogP contribution is 2.47. The number of ketones is 1. The number of Topliss-reactive ketones (excluding diaryl/α,β-unsaturated/α-hetero) is 1. The lowest BCUT2D eigenvalue weighted by Gasteiger charge is -2.42. The van der Waals surface area contributed by atoms with E-state index in [2.05, 4.69) is 15.6 Å². The summed E-state index contributed by atoms with van der Waals surface area (Å²) < 4.78 is 40.4. The normalized spacial score (nSPS) is 26.4. The largest absolute Gasteiger partial charge is 0.471 e. The average Bonchev–Trinajstić information content (AvgIpc) is 3.72. The molecule has 5 rings (SSSR count). The van der Waals surface area contributed by atoms with Crippen molar-refractivity contribution in [1.82, 2.24) is 25.8 Å². The minimum atomic E-state index is -5.19. The molecule has 0 spiro atoms. The predicted octanol–water partition coefficient (Wildman–Crippen LogP) is 3.21. The van der Waals surface area contributed by atoms with E-state index in [1.165, 1.54) is 37.0 Å². The maximum absolute atomic E-state index is 14.1. The first-order chi connectivity index (χ1) is 20.6. The van der Waals surface area contributed by atoms with E-state index in [1.807, 2.05) is 24.4 Å². The zero-order chi connectivity index (χ0) is 32.1. The number of nitrogens with zero attached hydrogens (tertiary/aromatic N) is 2. The molecular formula is C30H36F3N5O5S. The van der Waals surface area contributed by atoms with Gasteiger partial charge < -0.3 is 20.9 Å². The first kappa shape index (κ1) is 31.9. The molecule has 1 saturated carbocycles. The molecular weight excluding hydrogens is 599 g/mol. The molecule has 2 bridgehead atoms. The molecule has 2 saturated heterocycles. The number of amides is 4. The SMILES string of the molecule is C[C@H]1C[C@@H]2C[C@H]1[C@@H](C(=O)N[C@@H](C[C@@H]1CCNC1=O)C(=O)c1nc3ccccc3s1)N2C(=O)[C@@H](NC(=O)C(F)(F)F)C(C)(C)C. The summed E-state index contributed by atoms with van der Waals surface area (Å²) in [5.41, 5.74) is -0.481. The highest BCUT2D eigenvalue weighted by Gasteiger charge is 2.57. The number of aromatic nitrogens is 1. The third kappa shape index (κ3) is 6.18. The number of hydrogen-bond acceptors (Lipinski definition) is 7. The van der Waals surface area contributed by atoms with Crippen LogP contribution in [0, 0.1) is 23.2 Å². The number of carbonyl (C=O) groups is 5. The number of carbonyl (C=O) groups excluding carboxylic acids is 5. The number of thiazole rings is 1. The van der Waals surface area contributed by atoms with Gasteiger partial charge in [-0.2, -0.15) is 13.2 Å². The van der Waals surface area contributed by atoms with Gasteiger partial charge in [0.25, 0.3) is 0 Å². The number of nitrogens with one attached hydrogen (secondary N) is 3. The molecule has 3 aliphatic rings. The van der Waals surface area contributed by atoms with Gasteiger partial charge in [0, 0.05) is 18.5 Å². The number of halogens is 3. The van der Waals surface area contributed by atoms with Crippen molar-refractivity contribution in [3.8, 4) is 0 Å². The van der Waals surface area contributed by atoms with Crippen LogP contribution in [0.2, 0.25) is 0 Å². The summed E-state index contributed by atoms with van der Waals surface area (Å²) >= 11 is 1.17. The first-order valence-electron chi connectivity index (χ1n) is 14.7. The van der Waals surface area contributed by atoms with Crippen LogP contribution in [0.4, 0.5) is 13.2 Å². The monoisotopic (exact) mass is 635 g/mol. The van der Waals surface area contributed by atoms with Crippen molar-refractivity contribution < 1.29 is 37.1 Å². The molecule has 14 heteroatoms. The van der Waals surface area contributed by atoms with E-state index in [0.29, 0.717) is 31.3 Å². The van der Waals surface area contributed by atoms with E-state index in [-0.39, 0.29) is 29.2 Å². The van der Waals surface area contributed by atoms with Gasteiger partial charge in [-0.15, -0.1) is 11.3 Å². The van der Waals surface area contributed by atoms with Gasteiger partial charge in [-0.3, -0.25) is 24.0 Å². The van der Waals surface area contributed by atoms with Crippen LogP contribution in [0.1, 0.15) is 63.2 Å². The van der Waals surface area contributed by atoms with Crippen molar-refractivity contribution in [2.45, 2.75) is 83.7 Å². The number of rotatable bonds is 8. The van der Waals surface area contributed by atoms with E-state index in [9.17, 15) is 37.1 Å². The van der Waals surface area contributed by atoms with Crippen LogP contribution in [-0.4, -0.2) is 76.2 Å². The van der Waals surface area contributed by atoms with Crippen LogP contribution in [-0.2, 0) is 19.2 Å². The highest BCUT2D eigenvalue weighted by atomic mass is 32.1. The first-order valence-corrected chi connectivity index (χ1v) is 15.6. The Balaban J connectivity index is 1.44. The molecule has 44 heavy (non-hydrogen) atoms. The summed E-state index contributed by atoms with van der Waals surface area (Å²) in [4.78, 5) is 72.0. The highest BCUT2D eigenvalue weighted by molar-refractivity contribution is 7.20. The molecule has 0 unspecified atom stereocenters. The molecule has 1 aliphatic carbocycles. The van der Waals surface area contributed by atoms with Crippen molar-refractivity contribution in [2.24, 2.45) is 23.2 Å². The summed E-state index contributed by atoms with van der Waals surface area (Å²) in [5.74, 6) is -5.09. The van der Waals surface area contributed by atoms with E-state index in [4.69, 9.17) is 0 Å². The molecule has 3 heterocycles. The minimum absolute atomic E-state index is 0.0307. The molecule has 1 aromatic heterocycles. The number of fused-ring (bicyclic) bond motifs is 3. The van der Waals surface area contributed by atoms with Gasteiger partial charge in [0.05, 0.1) is 16.3 Å². The number of benzene rings is 1. The van der Waals surface area contributed by atoms with E-state index < -0.39 is 65.2 Å². The molecule has 1 aromatic carbocycles. The van der Waals surface area contributed by atoms with Crippen LogP contribution in [0.3, 0.4) is 0 Å². The van der Waals surface area contributed by atoms with Crippen LogP contribution >= 0.6 is 11.3 Å². The average molecular weight is 636 g/mol. The van der Waals surface area contributed by atoms with Crippen LogP contribution in [0.15, 0.2) is 24.3 Å². The van der Waals surface area contributed by atoms with Crippen LogP contribution < -0.4 is 16.0 Å². The van der Waals surface area contributed by atoms with Crippen molar-refractivity contribution in [3.05, 3.63) is 29.3 Å². The van der Waals surface area contributed by atoms with Crippen molar-refractivity contribution >= 4 is 51.0 Å². The van der Waals surface area contributed by atoms with E-state index in [0.717, 1.165) is 4.70 Å². The van der Waals surface area contributed by atoms with Gasteiger partial charge in [0.1, 0.15) is 12.1 Å². The molecule has 7 atom stereocenters. The minimum Gasteiger partial charge on any atom is -0.356 e. The van der Waals surface area contributed by atoms with Gasteiger partial charge in [-0.1, -0.05) is 39.8 Å². The quantitative estimate of drug-likeness (QED) is 0.381. The van der Waals surface area contributed by atoms with Gasteiger partial charge in [0.15, 0.2) is 5.01 Å². The Kier molecular flexibility index (Phi) is 8.51. The number of piperidine rings is 1. The standard InChI is InChI=1S/C30H36F3N5O5S/c1-14-11-16-13-17(14)21(38(16)27(42)23(29(2,3)4)37-28(43)30(31,32)33)25(41)35-19(12-15-9-10-34-24(15)40)22(39)26-36-18-7-5-6-8-20(18)44-26/h5-8,14-17,19,21,23H,9-13H2,1-4H3,(H,34,40)(H,35,41)(H,37,43)/t14-,15-,16+,17+,19-,21-,23+/m0/s1. The Morgan fingerprint density at radius 3 is 2.43 bits per heavy atom. The summed E-state index contributed by atoms with van der Waals surface area (Å²) in [7, 11) is 0. The Morgan fingerprint density at radius 1 is 1.11 bits per heavy atom. The summed E-state index contributed by atoms with van der Waals surface area (Å²) in [5, 5.41) is 7.59. The van der Waals surface area contributed by atoms with Crippen LogP contribution in [0.5, 0.6) is 0 Å². The molecule has 4 amide bonds. The van der Waals surface area contributed by atoms with Crippen molar-refractivity contribution in [2.75, 3.05) is 6.54 Å². The fourth-order valence-electron chi connectivity index (χ4n) is 6.77. The molecule has 238 valence electrons. The molecule has 10 nitrogen and oxygen atoms in total. The second-order valence-electron chi connectivity index (χ2n) is 13.2. The van der Waals surface area contributed by atoms with E-state index >= 15 is 0 Å². The molecule has 0 radical (unpaired) electrons. The number of para-hydroxylation sites is 1. The number of alkyl halides is 3. The van der Waals surface area contributed by atoms with Crippen LogP contribution in [0.25, 0.3) is 10.2 Å². The van der Waals surface area contributed by atoms with Crippen molar-refractivity contribution in [1.29, 1.82) is 0 Å². The number of hydrogen-bond donors (Lipinski definition) is 3. The summed E-state index contributed by atoms with van der Waals surface area (Å²) in [6.45, 7) is 7.02. The Hall–Kier alpha value is -3.55. The lowest BCUT2D eigenvalue weighted by atomic mass is 9.83. The second-order valence-corrected chi connectivity index (χ2v) is 14.2. The zero-order valence-corrected chi connectivity index (χ0v) is 25.7. The van der Waals surface area contributed by atoms with E-state index in [1.54, 1.807) is 12.1 Å². The second kappa shape index (κ2) is 11.8. The third-order valence-corrected chi connectivity index (χ3v) is 10.1. The topological polar surface area (TPSA) is 138 Å². The fourth-order valence-corrected chi connectivity index (χ4v) is 7.73. The van der Waals surface area contributed by atoms with Crippen molar-refractivity contribution in [3.63, 3.8) is 0 Å². The Morgan fingerprint density at radius 2 is 1.82 bits per heavy atom. The van der Waals surface area contributed by atoms with Gasteiger partial charge in [0.2, 0.25) is 23.5 Å². The number of likely N-dealkylation sites (tertiary alicyclic amines) is 1. The van der Waals surface area contributed by atoms with Gasteiger partial charge in [-0.25, -0.2) is 4.98 Å². The zero-order valence-electron chi connectivity index (χ0n) is 24.9. The molecule has 3 fully saturated rings. The fraction of sp³-hybridized carbons (Fsp3) is 0.600. The smallest absolute Gasteiger partial charge is 0.356 e. The summed E-state index contributed by atoms with van der Waals surface area (Å²) in [6.07, 6.45) is -3.65. The lowest BCUT2D eigenvalue weighted by molar-refractivity contribution is -0.176. The summed E-state index contributed by atoms with van der Waals surface area (Å²) in [6, 6.07) is 3.06. The predicted molar refractivity (Wildman–Crippen MR) is 155 cm³/mol. The third-order valence-electron chi connectivity index (χ3n) is 9.01. The Bertz CT molecular complexity index is 1450. The maximum atomic E-state index is 14.1. The van der Waals surface area contributed by atoms with Gasteiger partial charge >= 0.3 is 12.1 Å².